The van der Waals surface area contributed by atoms with Gasteiger partial charge in [-0.3, -0.25) is 14.5 Å². The number of halogens is 2. The van der Waals surface area contributed by atoms with Gasteiger partial charge in [-0.25, -0.2) is 5.01 Å². The number of hydrazone groups is 1. The van der Waals surface area contributed by atoms with Crippen molar-refractivity contribution in [1.82, 2.24) is 0 Å². The molecule has 0 bridgehead atoms. The smallest absolute Gasteiger partial charge is 0.226 e. The van der Waals surface area contributed by atoms with E-state index in [9.17, 15) is 9.59 Å². The third kappa shape index (κ3) is 5.58. The van der Waals surface area contributed by atoms with Crippen LogP contribution < -0.4 is 20.0 Å². The van der Waals surface area contributed by atoms with Crippen LogP contribution in [0.2, 0.25) is 10.0 Å². The van der Waals surface area contributed by atoms with E-state index in [1.54, 1.807) is 35.3 Å². The van der Waals surface area contributed by atoms with Gasteiger partial charge in [-0.1, -0.05) is 55.2 Å². The molecule has 0 radical (unpaired) electrons. The first-order chi connectivity index (χ1) is 17.7. The van der Waals surface area contributed by atoms with E-state index in [0.717, 1.165) is 11.3 Å². The van der Waals surface area contributed by atoms with Gasteiger partial charge in [-0.2, -0.15) is 0 Å². The van der Waals surface area contributed by atoms with Crippen molar-refractivity contribution in [3.05, 3.63) is 82.3 Å². The summed E-state index contributed by atoms with van der Waals surface area (Å²) >= 11 is 12.5. The molecule has 9 heteroatoms. The summed E-state index contributed by atoms with van der Waals surface area (Å²) in [7, 11) is 0. The first kappa shape index (κ1) is 26.5. The number of rotatable bonds is 8. The largest absolute Gasteiger partial charge is 0.493 e. The molecule has 0 fully saturated rings. The van der Waals surface area contributed by atoms with Crippen molar-refractivity contribution in [3.8, 4) is 5.75 Å². The minimum Gasteiger partial charge on any atom is -0.493 e. The van der Waals surface area contributed by atoms with Gasteiger partial charge in [0.1, 0.15) is 5.75 Å². The van der Waals surface area contributed by atoms with Crippen molar-refractivity contribution in [2.45, 2.75) is 33.9 Å². The van der Waals surface area contributed by atoms with Gasteiger partial charge >= 0.3 is 0 Å². The number of amides is 1. The number of ketones is 1. The van der Waals surface area contributed by atoms with Gasteiger partial charge in [-0.15, -0.1) is 5.10 Å². The Bertz CT molecular complexity index is 1340. The van der Waals surface area contributed by atoms with E-state index >= 15 is 0 Å². The Morgan fingerprint density at radius 1 is 1.00 bits per heavy atom. The molecule has 37 heavy (non-hydrogen) atoms. The third-order valence-electron chi connectivity index (χ3n) is 5.82. The Labute approximate surface area is 226 Å². The van der Waals surface area contributed by atoms with Crippen molar-refractivity contribution < 1.29 is 14.3 Å². The van der Waals surface area contributed by atoms with E-state index in [1.165, 1.54) is 6.92 Å². The van der Waals surface area contributed by atoms with Crippen LogP contribution in [0.5, 0.6) is 5.75 Å². The van der Waals surface area contributed by atoms with Crippen LogP contribution >= 0.6 is 23.2 Å². The first-order valence-corrected chi connectivity index (χ1v) is 12.7. The minimum atomic E-state index is -0.560. The number of Topliss-reactive ketones (excluding diaryl/α,β-unsaturated/α-hetero) is 1. The Morgan fingerprint density at radius 2 is 1.68 bits per heavy atom. The topological polar surface area (TPSA) is 74.2 Å². The van der Waals surface area contributed by atoms with E-state index in [-0.39, 0.29) is 23.4 Å². The highest BCUT2D eigenvalue weighted by atomic mass is 35.5. The lowest BCUT2D eigenvalue weighted by molar-refractivity contribution is -0.119. The van der Waals surface area contributed by atoms with E-state index in [4.69, 9.17) is 33.0 Å². The number of nitrogens with one attached hydrogen (secondary N) is 1. The van der Waals surface area contributed by atoms with Crippen molar-refractivity contribution in [2.24, 2.45) is 11.0 Å². The molecule has 0 aromatic heterocycles. The number of carbonyl (C=O) groups is 2. The molecule has 0 saturated heterocycles. The molecular formula is C28H28Cl2N4O3. The van der Waals surface area contributed by atoms with Crippen LogP contribution in [0.3, 0.4) is 0 Å². The number of hydrogen-bond donors (Lipinski definition) is 1. The predicted octanol–water partition coefficient (Wildman–Crippen LogP) is 6.91. The van der Waals surface area contributed by atoms with Crippen molar-refractivity contribution in [2.75, 3.05) is 21.8 Å². The second kappa shape index (κ2) is 11.2. The zero-order valence-electron chi connectivity index (χ0n) is 21.0. The summed E-state index contributed by atoms with van der Waals surface area (Å²) in [6.07, 6.45) is -0.560. The van der Waals surface area contributed by atoms with Crippen LogP contribution in [0.4, 0.5) is 17.1 Å². The van der Waals surface area contributed by atoms with Crippen molar-refractivity contribution >= 4 is 57.8 Å². The van der Waals surface area contributed by atoms with Gasteiger partial charge in [-0.05, 0) is 55.5 Å². The number of carbonyl (C=O) groups excluding carboxylic acids is 2. The van der Waals surface area contributed by atoms with Crippen LogP contribution in [0, 0.1) is 5.92 Å². The van der Waals surface area contributed by atoms with Gasteiger partial charge in [0.25, 0.3) is 0 Å². The lowest BCUT2D eigenvalue weighted by Crippen LogP contribution is -2.38. The normalized spacial score (nSPS) is 15.1. The second-order valence-corrected chi connectivity index (χ2v) is 9.64. The van der Waals surface area contributed by atoms with E-state index in [2.05, 4.69) is 5.32 Å². The van der Waals surface area contributed by atoms with Gasteiger partial charge in [0, 0.05) is 29.8 Å². The molecule has 0 spiro atoms. The summed E-state index contributed by atoms with van der Waals surface area (Å²) in [5, 5.41) is 10.2. The molecule has 1 amide bonds. The van der Waals surface area contributed by atoms with Crippen LogP contribution in [-0.2, 0) is 9.59 Å². The fraction of sp³-hybridized carbons (Fsp3) is 0.250. The zero-order chi connectivity index (χ0) is 26.7. The van der Waals surface area contributed by atoms with E-state index < -0.39 is 6.17 Å². The maximum Gasteiger partial charge on any atom is 0.226 e. The summed E-state index contributed by atoms with van der Waals surface area (Å²) in [6.45, 7) is 7.54. The standard InChI is InChI=1S/C28H28Cl2N4O3/c1-5-37-25-9-7-6-8-22(25)28-33(20-12-10-19(11-13-20)31-27(36)17(2)3)26(18(4)35)32-34(28)21-14-15-23(29)24(30)16-21/h6-17,28H,5H2,1-4H3,(H,31,36). The number of hydrogen-bond acceptors (Lipinski definition) is 6. The number of para-hydroxylation sites is 1. The molecule has 1 N–H and O–H groups in total. The Balaban J connectivity index is 1.85. The molecule has 1 aliphatic rings. The number of anilines is 3. The quantitative estimate of drug-likeness (QED) is 0.337. The molecule has 3 aromatic carbocycles. The summed E-state index contributed by atoms with van der Waals surface area (Å²) in [4.78, 5) is 26.9. The van der Waals surface area contributed by atoms with Crippen LogP contribution in [0.15, 0.2) is 71.8 Å². The molecule has 1 aliphatic heterocycles. The molecule has 192 valence electrons. The van der Waals surface area contributed by atoms with E-state index in [1.807, 2.05) is 62.1 Å². The molecule has 7 nitrogen and oxygen atoms in total. The minimum absolute atomic E-state index is 0.0748. The van der Waals surface area contributed by atoms with Gasteiger partial charge in [0.05, 0.1) is 22.3 Å². The first-order valence-electron chi connectivity index (χ1n) is 12.0. The molecule has 1 heterocycles. The number of benzene rings is 3. The molecule has 4 rings (SSSR count). The highest BCUT2D eigenvalue weighted by Gasteiger charge is 2.40. The Morgan fingerprint density at radius 3 is 2.30 bits per heavy atom. The van der Waals surface area contributed by atoms with Gasteiger partial charge in [0.15, 0.2) is 17.8 Å². The SMILES string of the molecule is CCOc1ccccc1C1N(c2ccc(Cl)c(Cl)c2)N=C(C(C)=O)N1c1ccc(NC(=O)C(C)C)cc1. The van der Waals surface area contributed by atoms with Crippen molar-refractivity contribution in [1.29, 1.82) is 0 Å². The monoisotopic (exact) mass is 538 g/mol. The summed E-state index contributed by atoms with van der Waals surface area (Å²) in [6, 6.07) is 20.2. The molecule has 0 saturated carbocycles. The van der Waals surface area contributed by atoms with Gasteiger partial charge in [0.2, 0.25) is 5.91 Å². The van der Waals surface area contributed by atoms with Crippen LogP contribution in [-0.4, -0.2) is 24.1 Å². The van der Waals surface area contributed by atoms with Crippen molar-refractivity contribution in [3.63, 3.8) is 0 Å². The highest BCUT2D eigenvalue weighted by molar-refractivity contribution is 6.44. The number of ether oxygens (including phenoxy) is 1. The summed E-state index contributed by atoms with van der Waals surface area (Å²) in [5.41, 5.74) is 2.85. The zero-order valence-corrected chi connectivity index (χ0v) is 22.5. The van der Waals surface area contributed by atoms with Gasteiger partial charge < -0.3 is 10.1 Å². The average Bonchev–Trinajstić information content (AvgIpc) is 3.27. The lowest BCUT2D eigenvalue weighted by atomic mass is 10.1. The lowest BCUT2D eigenvalue weighted by Gasteiger charge is -2.33. The maximum atomic E-state index is 12.9. The molecule has 0 aliphatic carbocycles. The number of nitrogens with zero attached hydrogens (tertiary/aromatic N) is 3. The Hall–Kier alpha value is -3.55. The third-order valence-corrected chi connectivity index (χ3v) is 6.56. The van der Waals surface area contributed by atoms with Crippen LogP contribution in [0.25, 0.3) is 0 Å². The predicted molar refractivity (Wildman–Crippen MR) is 150 cm³/mol. The molecule has 1 unspecified atom stereocenters. The summed E-state index contributed by atoms with van der Waals surface area (Å²) in [5.74, 6) is 0.494. The molecule has 3 aromatic rings. The Kier molecular flexibility index (Phi) is 8.05. The number of amidine groups is 1. The maximum absolute atomic E-state index is 12.9. The fourth-order valence-corrected chi connectivity index (χ4v) is 4.30. The fourth-order valence-electron chi connectivity index (χ4n) is 4.00. The van der Waals surface area contributed by atoms with E-state index in [0.29, 0.717) is 33.8 Å². The molecule has 1 atom stereocenters. The summed E-state index contributed by atoms with van der Waals surface area (Å²) < 4.78 is 5.96. The highest BCUT2D eigenvalue weighted by Crippen LogP contribution is 2.43. The second-order valence-electron chi connectivity index (χ2n) is 8.83. The average molecular weight is 539 g/mol. The van der Waals surface area contributed by atoms with Crippen LogP contribution in [0.1, 0.15) is 39.4 Å². The molecular weight excluding hydrogens is 511 g/mol.